The van der Waals surface area contributed by atoms with Gasteiger partial charge in [0, 0.05) is 19.2 Å². The molecule has 1 aromatic heterocycles. The van der Waals surface area contributed by atoms with E-state index in [-0.39, 0.29) is 23.3 Å². The third kappa shape index (κ3) is 4.92. The number of thioether (sulfide) groups is 1. The van der Waals surface area contributed by atoms with E-state index >= 15 is 0 Å². The Balaban J connectivity index is 1.67. The van der Waals surface area contributed by atoms with Gasteiger partial charge in [-0.2, -0.15) is 0 Å². The average molecular weight is 482 g/mol. The summed E-state index contributed by atoms with van der Waals surface area (Å²) in [6, 6.07) is 12.8. The molecule has 180 valence electrons. The lowest BCUT2D eigenvalue weighted by Crippen LogP contribution is -2.40. The van der Waals surface area contributed by atoms with Gasteiger partial charge in [0.25, 0.3) is 5.56 Å². The maximum Gasteiger partial charge on any atom is 0.266 e. The van der Waals surface area contributed by atoms with E-state index in [0.29, 0.717) is 33.2 Å². The molecule has 1 aliphatic rings. The van der Waals surface area contributed by atoms with Gasteiger partial charge in [-0.1, -0.05) is 30.8 Å². The number of rotatable bonds is 7. The van der Waals surface area contributed by atoms with Crippen LogP contribution in [-0.2, 0) is 4.79 Å². The standard InChI is InChI=1S/C26H31N3O4S/c1-17-9-11-18(12-10-17)28(2)24(30)16-34-26-27-21-8-6-5-7-20(21)25(31)29(26)19-13-14-22(32-3)23(15-19)33-4/h5-8,13-15,17-18H,9-12,16H2,1-4H3. The van der Waals surface area contributed by atoms with Gasteiger partial charge in [-0.3, -0.25) is 14.2 Å². The second-order valence-electron chi connectivity index (χ2n) is 8.80. The van der Waals surface area contributed by atoms with Crippen LogP contribution in [0.1, 0.15) is 32.6 Å². The van der Waals surface area contributed by atoms with Crippen molar-refractivity contribution < 1.29 is 14.3 Å². The lowest BCUT2D eigenvalue weighted by Gasteiger charge is -2.33. The molecule has 4 rings (SSSR count). The third-order valence-corrected chi connectivity index (χ3v) is 7.54. The molecule has 2 aromatic carbocycles. The van der Waals surface area contributed by atoms with Crippen LogP contribution in [0.4, 0.5) is 0 Å². The zero-order valence-corrected chi connectivity index (χ0v) is 20.9. The predicted molar refractivity (Wildman–Crippen MR) is 135 cm³/mol. The first-order valence-corrected chi connectivity index (χ1v) is 12.5. The van der Waals surface area contributed by atoms with Crippen LogP contribution in [0.3, 0.4) is 0 Å². The van der Waals surface area contributed by atoms with Gasteiger partial charge in [-0.15, -0.1) is 0 Å². The monoisotopic (exact) mass is 481 g/mol. The number of carbonyl (C=O) groups is 1. The van der Waals surface area contributed by atoms with Gasteiger partial charge >= 0.3 is 0 Å². The van der Waals surface area contributed by atoms with Gasteiger partial charge in [-0.25, -0.2) is 4.98 Å². The average Bonchev–Trinajstić information content (AvgIpc) is 2.87. The molecule has 1 amide bonds. The predicted octanol–water partition coefficient (Wildman–Crippen LogP) is 4.53. The minimum Gasteiger partial charge on any atom is -0.493 e. The molecule has 7 nitrogen and oxygen atoms in total. The number of carbonyl (C=O) groups excluding carboxylic acids is 1. The molecule has 8 heteroatoms. The Hall–Kier alpha value is -3.00. The molecule has 1 aliphatic carbocycles. The highest BCUT2D eigenvalue weighted by Crippen LogP contribution is 2.31. The first-order valence-electron chi connectivity index (χ1n) is 11.6. The van der Waals surface area contributed by atoms with Crippen molar-refractivity contribution in [2.45, 2.75) is 43.8 Å². The topological polar surface area (TPSA) is 73.7 Å². The summed E-state index contributed by atoms with van der Waals surface area (Å²) in [5.41, 5.74) is 1.02. The van der Waals surface area contributed by atoms with Gasteiger partial charge in [0.1, 0.15) is 0 Å². The Morgan fingerprint density at radius 3 is 2.50 bits per heavy atom. The number of aromatic nitrogens is 2. The van der Waals surface area contributed by atoms with Crippen LogP contribution in [0.15, 0.2) is 52.4 Å². The molecular weight excluding hydrogens is 450 g/mol. The number of ether oxygens (including phenoxy) is 2. The SMILES string of the molecule is COc1ccc(-n2c(SCC(=O)N(C)C3CCC(C)CC3)nc3ccccc3c2=O)cc1OC. The van der Waals surface area contributed by atoms with Crippen molar-refractivity contribution >= 4 is 28.6 Å². The van der Waals surface area contributed by atoms with Crippen molar-refractivity contribution in [2.75, 3.05) is 27.0 Å². The summed E-state index contributed by atoms with van der Waals surface area (Å²) in [7, 11) is 5.01. The number of hydrogen-bond acceptors (Lipinski definition) is 6. The number of hydrogen-bond donors (Lipinski definition) is 0. The summed E-state index contributed by atoms with van der Waals surface area (Å²) in [6.07, 6.45) is 4.39. The molecule has 0 aliphatic heterocycles. The quantitative estimate of drug-likeness (QED) is 0.365. The summed E-state index contributed by atoms with van der Waals surface area (Å²) in [6.45, 7) is 2.27. The fraction of sp³-hybridized carbons (Fsp3) is 0.423. The van der Waals surface area contributed by atoms with Gasteiger partial charge in [-0.05, 0) is 55.9 Å². The summed E-state index contributed by atoms with van der Waals surface area (Å²) in [4.78, 5) is 33.2. The summed E-state index contributed by atoms with van der Waals surface area (Å²) >= 11 is 1.28. The fourth-order valence-corrected chi connectivity index (χ4v) is 5.40. The van der Waals surface area contributed by atoms with E-state index in [9.17, 15) is 9.59 Å². The van der Waals surface area contributed by atoms with Crippen LogP contribution >= 0.6 is 11.8 Å². The van der Waals surface area contributed by atoms with Crippen molar-refractivity contribution in [1.29, 1.82) is 0 Å². The molecule has 1 saturated carbocycles. The van der Waals surface area contributed by atoms with Gasteiger partial charge < -0.3 is 14.4 Å². The fourth-order valence-electron chi connectivity index (χ4n) is 4.46. The molecule has 0 atom stereocenters. The first-order chi connectivity index (χ1) is 16.4. The van der Waals surface area contributed by atoms with E-state index in [2.05, 4.69) is 6.92 Å². The van der Waals surface area contributed by atoms with Crippen molar-refractivity contribution in [3.63, 3.8) is 0 Å². The molecule has 1 heterocycles. The van der Waals surface area contributed by atoms with Gasteiger partial charge in [0.05, 0.1) is 36.6 Å². The highest BCUT2D eigenvalue weighted by molar-refractivity contribution is 7.99. The summed E-state index contributed by atoms with van der Waals surface area (Å²) in [5.74, 6) is 2.07. The van der Waals surface area contributed by atoms with Crippen LogP contribution in [0, 0.1) is 5.92 Å². The number of para-hydroxylation sites is 1. The van der Waals surface area contributed by atoms with Crippen LogP contribution in [-0.4, -0.2) is 53.4 Å². The van der Waals surface area contributed by atoms with Crippen LogP contribution in [0.2, 0.25) is 0 Å². The van der Waals surface area contributed by atoms with E-state index in [4.69, 9.17) is 14.5 Å². The molecular formula is C26H31N3O4S. The van der Waals surface area contributed by atoms with Crippen molar-refractivity contribution in [1.82, 2.24) is 14.5 Å². The Morgan fingerprint density at radius 2 is 1.79 bits per heavy atom. The zero-order valence-electron chi connectivity index (χ0n) is 20.1. The minimum absolute atomic E-state index is 0.0471. The number of methoxy groups -OCH3 is 2. The second-order valence-corrected chi connectivity index (χ2v) is 9.74. The largest absolute Gasteiger partial charge is 0.493 e. The molecule has 34 heavy (non-hydrogen) atoms. The van der Waals surface area contributed by atoms with E-state index in [1.165, 1.54) is 11.8 Å². The highest BCUT2D eigenvalue weighted by Gasteiger charge is 2.25. The van der Waals surface area contributed by atoms with Gasteiger partial charge in [0.15, 0.2) is 16.7 Å². The summed E-state index contributed by atoms with van der Waals surface area (Å²) in [5, 5.41) is 0.983. The number of benzene rings is 2. The third-order valence-electron chi connectivity index (χ3n) is 6.62. The van der Waals surface area contributed by atoms with Crippen molar-refractivity contribution in [3.05, 3.63) is 52.8 Å². The minimum atomic E-state index is -0.192. The first kappa shape index (κ1) is 24.1. The van der Waals surface area contributed by atoms with Crippen LogP contribution in [0.5, 0.6) is 11.5 Å². The van der Waals surface area contributed by atoms with E-state index < -0.39 is 0 Å². The number of fused-ring (bicyclic) bond motifs is 1. The molecule has 0 N–H and O–H groups in total. The number of nitrogens with zero attached hydrogens (tertiary/aromatic N) is 3. The molecule has 0 unspecified atom stereocenters. The van der Waals surface area contributed by atoms with E-state index in [1.807, 2.05) is 30.1 Å². The van der Waals surface area contributed by atoms with E-state index in [1.54, 1.807) is 43.1 Å². The molecule has 0 saturated heterocycles. The maximum atomic E-state index is 13.5. The van der Waals surface area contributed by atoms with Crippen molar-refractivity contribution in [3.8, 4) is 17.2 Å². The number of amides is 1. The normalized spacial score (nSPS) is 18.0. The molecule has 3 aromatic rings. The lowest BCUT2D eigenvalue weighted by atomic mass is 9.87. The van der Waals surface area contributed by atoms with Crippen LogP contribution < -0.4 is 15.0 Å². The molecule has 1 fully saturated rings. The van der Waals surface area contributed by atoms with Crippen LogP contribution in [0.25, 0.3) is 16.6 Å². The molecule has 0 bridgehead atoms. The molecule has 0 spiro atoms. The smallest absolute Gasteiger partial charge is 0.266 e. The van der Waals surface area contributed by atoms with Crippen molar-refractivity contribution in [2.24, 2.45) is 5.92 Å². The van der Waals surface area contributed by atoms with E-state index in [0.717, 1.165) is 31.6 Å². The Kier molecular flexibility index (Phi) is 7.46. The maximum absolute atomic E-state index is 13.5. The lowest BCUT2D eigenvalue weighted by molar-refractivity contribution is -0.129. The zero-order chi connectivity index (χ0) is 24.2. The second kappa shape index (κ2) is 10.5. The summed E-state index contributed by atoms with van der Waals surface area (Å²) < 4.78 is 12.3. The Labute approximate surface area is 204 Å². The molecule has 0 radical (unpaired) electrons. The Morgan fingerprint density at radius 1 is 1.09 bits per heavy atom. The highest BCUT2D eigenvalue weighted by atomic mass is 32.2. The Bertz CT molecular complexity index is 1230. The van der Waals surface area contributed by atoms with Gasteiger partial charge in [0.2, 0.25) is 5.91 Å².